The average Bonchev–Trinajstić information content (AvgIpc) is 0.722. The maximum absolute atomic E-state index is 3.45. The number of halogens is 4. The first kappa shape index (κ1) is 7.96. The minimum atomic E-state index is -1.44. The SMILES string of the molecule is [Br][Ge]([Br])([I])[I]. The number of rotatable bonds is 0. The van der Waals surface area contributed by atoms with Gasteiger partial charge in [0, 0.05) is 0 Å². The van der Waals surface area contributed by atoms with E-state index in [-0.39, 0.29) is 0 Å². The van der Waals surface area contributed by atoms with Crippen LogP contribution in [0.25, 0.3) is 0 Å². The van der Waals surface area contributed by atoms with Crippen LogP contribution in [0.2, 0.25) is 0 Å². The van der Waals surface area contributed by atoms with Gasteiger partial charge in [-0.25, -0.2) is 0 Å². The van der Waals surface area contributed by atoms with Crippen LogP contribution in [0.15, 0.2) is 0 Å². The van der Waals surface area contributed by atoms with Crippen LogP contribution in [0.4, 0.5) is 0 Å². The molecule has 0 aliphatic carbocycles. The van der Waals surface area contributed by atoms with E-state index < -0.39 is 2.96 Å². The zero-order chi connectivity index (χ0) is 4.50. The van der Waals surface area contributed by atoms with Crippen LogP contribution in [0, 0.1) is 0 Å². The van der Waals surface area contributed by atoms with Gasteiger partial charge in [-0.2, -0.15) is 0 Å². The first-order valence-corrected chi connectivity index (χ1v) is 23.4. The molecular formula is Br2GeI2. The van der Waals surface area contributed by atoms with E-state index >= 15 is 0 Å². The van der Waals surface area contributed by atoms with E-state index in [4.69, 9.17) is 0 Å². The van der Waals surface area contributed by atoms with E-state index in [0.29, 0.717) is 0 Å². The standard InChI is InChI=1S/Br2GeI2/c1-3(2,4)5. The van der Waals surface area contributed by atoms with Crippen molar-refractivity contribution in [3.05, 3.63) is 0 Å². The van der Waals surface area contributed by atoms with E-state index in [2.05, 4.69) is 68.4 Å². The number of hydrogen-bond acceptors (Lipinski definition) is 0. The van der Waals surface area contributed by atoms with Crippen molar-refractivity contribution in [1.29, 1.82) is 0 Å². The summed E-state index contributed by atoms with van der Waals surface area (Å²) in [7, 11) is 0. The van der Waals surface area contributed by atoms with Gasteiger partial charge in [0.15, 0.2) is 0 Å². The molecule has 32 valence electrons. The summed E-state index contributed by atoms with van der Waals surface area (Å²) in [5.74, 6) is 0. The van der Waals surface area contributed by atoms with Crippen molar-refractivity contribution in [3.63, 3.8) is 0 Å². The molecule has 0 saturated carbocycles. The molecule has 0 aliphatic heterocycles. The summed E-state index contributed by atoms with van der Waals surface area (Å²) < 4.78 is -1.44. The molecule has 0 amide bonds. The van der Waals surface area contributed by atoms with E-state index in [1.807, 2.05) is 0 Å². The van der Waals surface area contributed by atoms with Gasteiger partial charge >= 0.3 is 71.4 Å². The molecule has 0 fully saturated rings. The zero-order valence-corrected chi connectivity index (χ0v) is 11.6. The quantitative estimate of drug-likeness (QED) is 0.365. The molecule has 0 nitrogen and oxygen atoms in total. The first-order valence-electron chi connectivity index (χ1n) is 0.756. The summed E-state index contributed by atoms with van der Waals surface area (Å²) >= 11 is 11.7. The Balaban J connectivity index is 3.02. The molecule has 0 rings (SSSR count). The van der Waals surface area contributed by atoms with Crippen LogP contribution < -0.4 is 0 Å². The first-order chi connectivity index (χ1) is 2.00. The van der Waals surface area contributed by atoms with Gasteiger partial charge in [-0.05, 0) is 0 Å². The molecule has 0 aromatic heterocycles. The second-order valence-corrected chi connectivity index (χ2v) is 78.5. The van der Waals surface area contributed by atoms with Gasteiger partial charge in [0.05, 0.1) is 0 Å². The van der Waals surface area contributed by atoms with Gasteiger partial charge in [-0.3, -0.25) is 0 Å². The molecule has 0 bridgehead atoms. The third-order valence-corrected chi connectivity index (χ3v) is 0. The van der Waals surface area contributed by atoms with Crippen molar-refractivity contribution >= 4 is 71.4 Å². The minimum absolute atomic E-state index is 1.44. The molecule has 0 N–H and O–H groups in total. The molecular weight excluding hydrogens is 486 g/mol. The van der Waals surface area contributed by atoms with Gasteiger partial charge < -0.3 is 0 Å². The molecule has 0 saturated heterocycles. The molecule has 0 atom stereocenters. The molecule has 0 aromatic rings. The predicted octanol–water partition coefficient (Wildman–Crippen LogP) is 3.08. The Morgan fingerprint density at radius 3 is 1.20 bits per heavy atom. The third-order valence-electron chi connectivity index (χ3n) is 0. The maximum atomic E-state index is 3.45. The Labute approximate surface area is 69.7 Å². The Hall–Kier alpha value is 2.96. The summed E-state index contributed by atoms with van der Waals surface area (Å²) in [6.45, 7) is 0. The van der Waals surface area contributed by atoms with Crippen LogP contribution >= 0.6 is 68.4 Å². The van der Waals surface area contributed by atoms with Gasteiger partial charge in [0.2, 0.25) is 0 Å². The van der Waals surface area contributed by atoms with Crippen molar-refractivity contribution in [2.75, 3.05) is 0 Å². The van der Waals surface area contributed by atoms with Crippen molar-refractivity contribution in [3.8, 4) is 0 Å². The molecule has 0 radical (unpaired) electrons. The van der Waals surface area contributed by atoms with Gasteiger partial charge in [0.25, 0.3) is 0 Å². The fourth-order valence-corrected chi connectivity index (χ4v) is 0. The Morgan fingerprint density at radius 2 is 1.20 bits per heavy atom. The monoisotopic (exact) mass is 486 g/mol. The van der Waals surface area contributed by atoms with E-state index in [1.54, 1.807) is 0 Å². The molecule has 0 unspecified atom stereocenters. The molecule has 0 heterocycles. The van der Waals surface area contributed by atoms with Crippen molar-refractivity contribution in [2.45, 2.75) is 0 Å². The zero-order valence-electron chi connectivity index (χ0n) is 2.01. The van der Waals surface area contributed by atoms with E-state index in [0.717, 1.165) is 0 Å². The second kappa shape index (κ2) is 3.08. The molecule has 0 aromatic carbocycles. The Bertz CT molecular complexity index is 23.1. The topological polar surface area (TPSA) is 0 Å². The Morgan fingerprint density at radius 1 is 1.20 bits per heavy atom. The predicted molar refractivity (Wildman–Crippen MR) is 51.6 cm³/mol. The molecule has 5 heteroatoms. The number of hydrogen-bond donors (Lipinski definition) is 0. The van der Waals surface area contributed by atoms with Crippen LogP contribution in [-0.4, -0.2) is 2.96 Å². The van der Waals surface area contributed by atoms with Crippen LogP contribution in [0.5, 0.6) is 0 Å². The van der Waals surface area contributed by atoms with Crippen LogP contribution in [0.3, 0.4) is 0 Å². The van der Waals surface area contributed by atoms with E-state index in [9.17, 15) is 0 Å². The van der Waals surface area contributed by atoms with Crippen LogP contribution in [-0.2, 0) is 0 Å². The van der Waals surface area contributed by atoms with Crippen LogP contribution in [0.1, 0.15) is 0 Å². The van der Waals surface area contributed by atoms with Crippen molar-refractivity contribution < 1.29 is 0 Å². The summed E-state index contributed by atoms with van der Waals surface area (Å²) in [6, 6.07) is 0. The molecule has 5 heavy (non-hydrogen) atoms. The van der Waals surface area contributed by atoms with Gasteiger partial charge in [-0.15, -0.1) is 0 Å². The Kier molecular flexibility index (Phi) is 4.91. The average molecular weight is 486 g/mol. The van der Waals surface area contributed by atoms with E-state index in [1.165, 1.54) is 0 Å². The second-order valence-electron chi connectivity index (χ2n) is 0.429. The summed E-state index contributed by atoms with van der Waals surface area (Å²) in [4.78, 5) is 0. The van der Waals surface area contributed by atoms with Crippen molar-refractivity contribution in [2.24, 2.45) is 0 Å². The fourth-order valence-electron chi connectivity index (χ4n) is 0. The summed E-state index contributed by atoms with van der Waals surface area (Å²) in [5.41, 5.74) is 0. The third kappa shape index (κ3) is 19.5. The molecule has 0 aliphatic rings. The summed E-state index contributed by atoms with van der Waals surface area (Å²) in [5, 5.41) is 0. The van der Waals surface area contributed by atoms with Gasteiger partial charge in [0.1, 0.15) is 0 Å². The van der Waals surface area contributed by atoms with Crippen molar-refractivity contribution in [1.82, 2.24) is 0 Å². The fraction of sp³-hybridized carbons (Fsp3) is 0. The summed E-state index contributed by atoms with van der Waals surface area (Å²) in [6.07, 6.45) is 0. The van der Waals surface area contributed by atoms with Gasteiger partial charge in [-0.1, -0.05) is 0 Å². The normalized spacial score (nSPS) is 12.0. The molecule has 0 spiro atoms.